The fraction of sp³-hybridized carbons (Fsp3) is 0.267. The second-order valence-electron chi connectivity index (χ2n) is 5.63. The highest BCUT2D eigenvalue weighted by molar-refractivity contribution is 9.11. The highest BCUT2D eigenvalue weighted by atomic mass is 79.9. The highest BCUT2D eigenvalue weighted by Crippen LogP contribution is 2.29. The zero-order valence-corrected chi connectivity index (χ0v) is 16.8. The molecule has 1 saturated heterocycles. The van der Waals surface area contributed by atoms with Crippen molar-refractivity contribution in [3.63, 3.8) is 0 Å². The van der Waals surface area contributed by atoms with Gasteiger partial charge in [0.1, 0.15) is 16.4 Å². The molecule has 11 heteroatoms. The molecule has 26 heavy (non-hydrogen) atoms. The van der Waals surface area contributed by atoms with E-state index in [9.17, 15) is 8.42 Å². The van der Waals surface area contributed by atoms with E-state index < -0.39 is 10.0 Å². The van der Waals surface area contributed by atoms with Gasteiger partial charge in [0.15, 0.2) is 5.82 Å². The molecule has 4 rings (SSSR count). The minimum absolute atomic E-state index is 0.362. The number of nitrogens with zero attached hydrogens (tertiary/aromatic N) is 6. The number of hydrogen-bond donors (Lipinski definition) is 0. The molecule has 1 aliphatic rings. The number of hydrogen-bond acceptors (Lipinski definition) is 7. The van der Waals surface area contributed by atoms with Gasteiger partial charge in [-0.3, -0.25) is 0 Å². The van der Waals surface area contributed by atoms with Gasteiger partial charge in [-0.05, 0) is 34.1 Å². The lowest BCUT2D eigenvalue weighted by Gasteiger charge is -2.34. The fourth-order valence-corrected chi connectivity index (χ4v) is 6.35. The molecule has 0 aromatic carbocycles. The Bertz CT molecular complexity index is 997. The van der Waals surface area contributed by atoms with Crippen LogP contribution in [0.15, 0.2) is 51.0 Å². The zero-order chi connectivity index (χ0) is 18.1. The summed E-state index contributed by atoms with van der Waals surface area (Å²) in [5, 5.41) is 4.17. The Balaban J connectivity index is 1.48. The van der Waals surface area contributed by atoms with Crippen LogP contribution in [-0.4, -0.2) is 58.7 Å². The maximum Gasteiger partial charge on any atom is 0.252 e. The Morgan fingerprint density at radius 2 is 1.85 bits per heavy atom. The third-order valence-corrected chi connectivity index (χ3v) is 8.07. The van der Waals surface area contributed by atoms with Crippen molar-refractivity contribution >= 4 is 43.1 Å². The lowest BCUT2D eigenvalue weighted by Crippen LogP contribution is -2.48. The van der Waals surface area contributed by atoms with Gasteiger partial charge >= 0.3 is 0 Å². The minimum Gasteiger partial charge on any atom is -0.354 e. The average Bonchev–Trinajstić information content (AvgIpc) is 3.34. The van der Waals surface area contributed by atoms with Crippen molar-refractivity contribution in [2.45, 2.75) is 4.21 Å². The van der Waals surface area contributed by atoms with Gasteiger partial charge in [0, 0.05) is 44.6 Å². The minimum atomic E-state index is -3.44. The van der Waals surface area contributed by atoms with Crippen LogP contribution in [0.25, 0.3) is 5.82 Å². The SMILES string of the molecule is O=S(=O)(c1ccc(Br)s1)N1CCN(c2cc(-n3cccn3)ncn2)CC1. The molecule has 1 aliphatic heterocycles. The zero-order valence-electron chi connectivity index (χ0n) is 13.6. The van der Waals surface area contributed by atoms with Gasteiger partial charge in [-0.1, -0.05) is 0 Å². The molecule has 0 unspecified atom stereocenters. The smallest absolute Gasteiger partial charge is 0.252 e. The van der Waals surface area contributed by atoms with E-state index in [2.05, 4.69) is 35.9 Å². The summed E-state index contributed by atoms with van der Waals surface area (Å²) < 4.78 is 29.8. The van der Waals surface area contributed by atoms with Crippen LogP contribution in [0.5, 0.6) is 0 Å². The summed E-state index contributed by atoms with van der Waals surface area (Å²) >= 11 is 4.55. The largest absolute Gasteiger partial charge is 0.354 e. The lowest BCUT2D eigenvalue weighted by atomic mass is 10.3. The number of piperazine rings is 1. The van der Waals surface area contributed by atoms with Crippen molar-refractivity contribution in [2.75, 3.05) is 31.1 Å². The van der Waals surface area contributed by atoms with Crippen LogP contribution in [0, 0.1) is 0 Å². The molecule has 0 saturated carbocycles. The van der Waals surface area contributed by atoms with Gasteiger partial charge in [0.2, 0.25) is 0 Å². The van der Waals surface area contributed by atoms with Gasteiger partial charge in [-0.2, -0.15) is 9.40 Å². The predicted molar refractivity (Wildman–Crippen MR) is 102 cm³/mol. The monoisotopic (exact) mass is 454 g/mol. The first kappa shape index (κ1) is 17.6. The van der Waals surface area contributed by atoms with Crippen LogP contribution in [0.3, 0.4) is 0 Å². The molecule has 8 nitrogen and oxygen atoms in total. The molecule has 3 aromatic rings. The van der Waals surface area contributed by atoms with E-state index in [0.717, 1.165) is 9.60 Å². The Morgan fingerprint density at radius 3 is 2.50 bits per heavy atom. The highest BCUT2D eigenvalue weighted by Gasteiger charge is 2.30. The van der Waals surface area contributed by atoms with Crippen LogP contribution >= 0.6 is 27.3 Å². The summed E-state index contributed by atoms with van der Waals surface area (Å²) in [6.07, 6.45) is 5.00. The van der Waals surface area contributed by atoms with E-state index >= 15 is 0 Å². The molecule has 1 fully saturated rings. The number of aromatic nitrogens is 4. The van der Waals surface area contributed by atoms with Crippen molar-refractivity contribution in [2.24, 2.45) is 0 Å². The summed E-state index contributed by atoms with van der Waals surface area (Å²) in [6, 6.07) is 7.07. The molecule has 0 bridgehead atoms. The summed E-state index contributed by atoms with van der Waals surface area (Å²) in [6.45, 7) is 1.97. The quantitative estimate of drug-likeness (QED) is 0.599. The van der Waals surface area contributed by atoms with Gasteiger partial charge < -0.3 is 4.90 Å². The third kappa shape index (κ3) is 3.39. The number of sulfonamides is 1. The first-order chi connectivity index (χ1) is 12.5. The standard InChI is InChI=1S/C15H15BrN6O2S2/c16-12-2-3-15(25-12)26(23,24)21-8-6-20(7-9-21)13-10-14(18-11-17-13)22-5-1-4-19-22/h1-5,10-11H,6-9H2. The van der Waals surface area contributed by atoms with Crippen LogP contribution in [0.4, 0.5) is 5.82 Å². The van der Waals surface area contributed by atoms with E-state index in [0.29, 0.717) is 36.2 Å². The molecule has 0 radical (unpaired) electrons. The maximum absolute atomic E-state index is 12.7. The van der Waals surface area contributed by atoms with Gasteiger partial charge in [0.05, 0.1) is 3.79 Å². The van der Waals surface area contributed by atoms with Crippen molar-refractivity contribution in [1.82, 2.24) is 24.1 Å². The van der Waals surface area contributed by atoms with E-state index in [1.165, 1.54) is 22.0 Å². The first-order valence-corrected chi connectivity index (χ1v) is 10.9. The lowest BCUT2D eigenvalue weighted by molar-refractivity contribution is 0.384. The molecule has 136 valence electrons. The molecule has 0 aliphatic carbocycles. The summed E-state index contributed by atoms with van der Waals surface area (Å²) in [5.41, 5.74) is 0. The molecule has 0 atom stereocenters. The summed E-state index contributed by atoms with van der Waals surface area (Å²) in [7, 11) is -3.44. The van der Waals surface area contributed by atoms with Crippen molar-refractivity contribution < 1.29 is 8.42 Å². The number of thiophene rings is 1. The fourth-order valence-electron chi connectivity index (χ4n) is 2.76. The molecule has 4 heterocycles. The summed E-state index contributed by atoms with van der Waals surface area (Å²) in [5.74, 6) is 1.44. The number of halogens is 1. The summed E-state index contributed by atoms with van der Waals surface area (Å²) in [4.78, 5) is 10.6. The predicted octanol–water partition coefficient (Wildman–Crippen LogP) is 2.00. The second-order valence-corrected chi connectivity index (χ2v) is 10.3. The molecule has 0 N–H and O–H groups in total. The van der Waals surface area contributed by atoms with E-state index in [1.54, 1.807) is 23.0 Å². The average molecular weight is 455 g/mol. The molecule has 0 spiro atoms. The van der Waals surface area contributed by atoms with E-state index in [1.807, 2.05) is 18.3 Å². The number of rotatable bonds is 4. The van der Waals surface area contributed by atoms with Crippen LogP contribution in [0.2, 0.25) is 0 Å². The van der Waals surface area contributed by atoms with Gasteiger partial charge in [-0.25, -0.2) is 23.1 Å². The topological polar surface area (TPSA) is 84.2 Å². The second kappa shape index (κ2) is 7.06. The third-order valence-electron chi connectivity index (χ3n) is 4.08. The van der Waals surface area contributed by atoms with Crippen LogP contribution in [0.1, 0.15) is 0 Å². The van der Waals surface area contributed by atoms with Crippen molar-refractivity contribution in [3.8, 4) is 5.82 Å². The molecule has 0 amide bonds. The van der Waals surface area contributed by atoms with E-state index in [4.69, 9.17) is 0 Å². The normalized spacial score (nSPS) is 16.1. The van der Waals surface area contributed by atoms with Crippen molar-refractivity contribution in [3.05, 3.63) is 46.8 Å². The Kier molecular flexibility index (Phi) is 4.78. The Morgan fingerprint density at radius 1 is 1.08 bits per heavy atom. The first-order valence-electron chi connectivity index (χ1n) is 7.86. The Labute approximate surface area is 163 Å². The van der Waals surface area contributed by atoms with Crippen LogP contribution in [-0.2, 0) is 10.0 Å². The number of anilines is 1. The van der Waals surface area contributed by atoms with Crippen molar-refractivity contribution in [1.29, 1.82) is 0 Å². The molecular formula is C15H15BrN6O2S2. The van der Waals surface area contributed by atoms with E-state index in [-0.39, 0.29) is 0 Å². The Hall–Kier alpha value is -1.82. The molecular weight excluding hydrogens is 440 g/mol. The molecule has 3 aromatic heterocycles. The van der Waals surface area contributed by atoms with Gasteiger partial charge in [0.25, 0.3) is 10.0 Å². The van der Waals surface area contributed by atoms with Gasteiger partial charge in [-0.15, -0.1) is 11.3 Å². The van der Waals surface area contributed by atoms with Crippen LogP contribution < -0.4 is 4.90 Å². The maximum atomic E-state index is 12.7.